The SMILES string of the molecule is CCOC(=O)C1=C(CBr)NC(c2ncccc2F)=NC1c1ccc(F)cc1Cl. The maximum atomic E-state index is 14.3. The molecule has 0 radical (unpaired) electrons. The highest BCUT2D eigenvalue weighted by molar-refractivity contribution is 9.09. The quantitative estimate of drug-likeness (QED) is 0.522. The summed E-state index contributed by atoms with van der Waals surface area (Å²) < 4.78 is 32.9. The van der Waals surface area contributed by atoms with E-state index in [0.29, 0.717) is 11.3 Å². The predicted molar refractivity (Wildman–Crippen MR) is 105 cm³/mol. The molecule has 0 fully saturated rings. The number of aromatic nitrogens is 1. The number of nitrogens with zero attached hydrogens (tertiary/aromatic N) is 2. The Hall–Kier alpha value is -2.32. The molecule has 1 N–H and O–H groups in total. The Labute approximate surface area is 173 Å². The molecule has 0 saturated carbocycles. The molecule has 0 bridgehead atoms. The molecule has 5 nitrogen and oxygen atoms in total. The van der Waals surface area contributed by atoms with E-state index in [1.165, 1.54) is 30.5 Å². The number of amidine groups is 1. The fraction of sp³-hybridized carbons (Fsp3) is 0.211. The Morgan fingerprint density at radius 3 is 2.79 bits per heavy atom. The molecule has 0 amide bonds. The lowest BCUT2D eigenvalue weighted by Gasteiger charge is -2.27. The van der Waals surface area contributed by atoms with E-state index in [1.807, 2.05) is 0 Å². The van der Waals surface area contributed by atoms with Gasteiger partial charge in [0.05, 0.1) is 12.2 Å². The number of alkyl halides is 1. The molecule has 1 aromatic heterocycles. The van der Waals surface area contributed by atoms with Crippen molar-refractivity contribution in [2.45, 2.75) is 13.0 Å². The van der Waals surface area contributed by atoms with E-state index in [9.17, 15) is 13.6 Å². The highest BCUT2D eigenvalue weighted by Crippen LogP contribution is 2.36. The fourth-order valence-electron chi connectivity index (χ4n) is 2.78. The van der Waals surface area contributed by atoms with Crippen molar-refractivity contribution >= 4 is 39.3 Å². The topological polar surface area (TPSA) is 63.6 Å². The summed E-state index contributed by atoms with van der Waals surface area (Å²) in [6, 6.07) is 5.58. The van der Waals surface area contributed by atoms with Gasteiger partial charge in [0.2, 0.25) is 0 Å². The number of esters is 1. The molecule has 0 saturated heterocycles. The van der Waals surface area contributed by atoms with E-state index < -0.39 is 23.6 Å². The smallest absolute Gasteiger partial charge is 0.338 e. The van der Waals surface area contributed by atoms with Crippen molar-refractivity contribution in [2.75, 3.05) is 11.9 Å². The van der Waals surface area contributed by atoms with Crippen LogP contribution in [0.2, 0.25) is 5.02 Å². The summed E-state index contributed by atoms with van der Waals surface area (Å²) in [7, 11) is 0. The lowest BCUT2D eigenvalue weighted by molar-refractivity contribution is -0.138. The molecule has 1 aromatic carbocycles. The Balaban J connectivity index is 2.19. The minimum Gasteiger partial charge on any atom is -0.463 e. The van der Waals surface area contributed by atoms with E-state index >= 15 is 0 Å². The number of ether oxygens (including phenoxy) is 1. The second-order valence-corrected chi connectivity index (χ2v) is 6.72. The number of rotatable bonds is 5. The molecule has 1 aliphatic rings. The molecule has 3 rings (SSSR count). The summed E-state index contributed by atoms with van der Waals surface area (Å²) in [6.45, 7) is 1.84. The summed E-state index contributed by atoms with van der Waals surface area (Å²) in [4.78, 5) is 21.1. The molecule has 9 heteroatoms. The van der Waals surface area contributed by atoms with Gasteiger partial charge in [-0.15, -0.1) is 0 Å². The number of aliphatic imine (C=N–C) groups is 1. The zero-order chi connectivity index (χ0) is 20.3. The Morgan fingerprint density at radius 2 is 2.14 bits per heavy atom. The summed E-state index contributed by atoms with van der Waals surface area (Å²) in [5.41, 5.74) is 1.01. The molecule has 1 unspecified atom stereocenters. The molecule has 0 aliphatic carbocycles. The first-order valence-corrected chi connectivity index (χ1v) is 9.83. The van der Waals surface area contributed by atoms with Gasteiger partial charge in [0.1, 0.15) is 17.6 Å². The highest BCUT2D eigenvalue weighted by Gasteiger charge is 2.33. The van der Waals surface area contributed by atoms with Crippen molar-refractivity contribution < 1.29 is 18.3 Å². The van der Waals surface area contributed by atoms with Crippen LogP contribution in [0.3, 0.4) is 0 Å². The Morgan fingerprint density at radius 1 is 1.36 bits per heavy atom. The van der Waals surface area contributed by atoms with Gasteiger partial charge in [-0.25, -0.2) is 18.6 Å². The fourth-order valence-corrected chi connectivity index (χ4v) is 3.49. The molecule has 1 atom stereocenters. The molecule has 146 valence electrons. The number of benzene rings is 1. The molecule has 28 heavy (non-hydrogen) atoms. The van der Waals surface area contributed by atoms with E-state index in [0.717, 1.165) is 6.07 Å². The van der Waals surface area contributed by atoms with Gasteiger partial charge in [0.15, 0.2) is 11.7 Å². The Kier molecular flexibility index (Phi) is 6.41. The lowest BCUT2D eigenvalue weighted by atomic mass is 9.95. The maximum absolute atomic E-state index is 14.3. The van der Waals surface area contributed by atoms with Gasteiger partial charge in [-0.2, -0.15) is 0 Å². The van der Waals surface area contributed by atoms with Crippen molar-refractivity contribution in [3.63, 3.8) is 0 Å². The van der Waals surface area contributed by atoms with Crippen molar-refractivity contribution in [1.82, 2.24) is 10.3 Å². The van der Waals surface area contributed by atoms with Crippen LogP contribution in [0.25, 0.3) is 0 Å². The number of carbonyl (C=O) groups excluding carboxylic acids is 1. The maximum Gasteiger partial charge on any atom is 0.338 e. The molecular formula is C19H15BrClF2N3O2. The van der Waals surface area contributed by atoms with Crippen molar-refractivity contribution in [2.24, 2.45) is 4.99 Å². The van der Waals surface area contributed by atoms with E-state index in [1.54, 1.807) is 6.92 Å². The van der Waals surface area contributed by atoms with Crippen LogP contribution in [0.15, 0.2) is 52.8 Å². The number of hydrogen-bond acceptors (Lipinski definition) is 5. The van der Waals surface area contributed by atoms with Crippen molar-refractivity contribution in [1.29, 1.82) is 0 Å². The number of halogens is 4. The highest BCUT2D eigenvalue weighted by atomic mass is 79.9. The van der Waals surface area contributed by atoms with Crippen LogP contribution in [-0.4, -0.2) is 28.7 Å². The molecule has 1 aliphatic heterocycles. The van der Waals surface area contributed by atoms with Crippen molar-refractivity contribution in [3.05, 3.63) is 75.7 Å². The number of allylic oxidation sites excluding steroid dienone is 1. The second-order valence-electron chi connectivity index (χ2n) is 5.75. The number of nitrogens with one attached hydrogen (secondary N) is 1. The number of pyridine rings is 1. The molecule has 2 aromatic rings. The average Bonchev–Trinajstić information content (AvgIpc) is 2.67. The zero-order valence-electron chi connectivity index (χ0n) is 14.7. The number of hydrogen-bond donors (Lipinski definition) is 1. The largest absolute Gasteiger partial charge is 0.463 e. The minimum atomic E-state index is -0.919. The van der Waals surface area contributed by atoms with Crippen LogP contribution in [0.4, 0.5) is 8.78 Å². The second kappa shape index (κ2) is 8.79. The van der Waals surface area contributed by atoms with E-state index in [-0.39, 0.29) is 34.1 Å². The van der Waals surface area contributed by atoms with Crippen LogP contribution in [0.5, 0.6) is 0 Å². The molecule has 0 spiro atoms. The van der Waals surface area contributed by atoms with Gasteiger partial charge in [-0.3, -0.25) is 4.99 Å². The monoisotopic (exact) mass is 469 g/mol. The number of carbonyl (C=O) groups is 1. The van der Waals surface area contributed by atoms with Crippen LogP contribution in [0.1, 0.15) is 24.2 Å². The first kappa shape index (κ1) is 20.4. The molecule has 2 heterocycles. The summed E-state index contributed by atoms with van der Waals surface area (Å²) in [6.07, 6.45) is 1.43. The van der Waals surface area contributed by atoms with Gasteiger partial charge >= 0.3 is 5.97 Å². The van der Waals surface area contributed by atoms with Crippen LogP contribution in [-0.2, 0) is 9.53 Å². The Bertz CT molecular complexity index is 981. The van der Waals surface area contributed by atoms with Crippen LogP contribution >= 0.6 is 27.5 Å². The van der Waals surface area contributed by atoms with Crippen LogP contribution < -0.4 is 5.32 Å². The van der Waals surface area contributed by atoms with Gasteiger partial charge in [0, 0.05) is 27.8 Å². The third kappa shape index (κ3) is 4.07. The summed E-state index contributed by atoms with van der Waals surface area (Å²) >= 11 is 9.55. The van der Waals surface area contributed by atoms with E-state index in [2.05, 4.69) is 31.2 Å². The van der Waals surface area contributed by atoms with Gasteiger partial charge < -0.3 is 10.1 Å². The average molecular weight is 471 g/mol. The summed E-state index contributed by atoms with van der Waals surface area (Å²) in [5, 5.41) is 3.27. The third-order valence-electron chi connectivity index (χ3n) is 3.99. The van der Waals surface area contributed by atoms with Gasteiger partial charge in [-0.1, -0.05) is 33.6 Å². The van der Waals surface area contributed by atoms with Crippen LogP contribution in [0, 0.1) is 11.6 Å². The van der Waals surface area contributed by atoms with E-state index in [4.69, 9.17) is 16.3 Å². The van der Waals surface area contributed by atoms with Gasteiger partial charge in [0.25, 0.3) is 0 Å². The lowest BCUT2D eigenvalue weighted by Crippen LogP contribution is -2.35. The standard InChI is InChI=1S/C19H15BrClF2N3O2/c1-2-28-19(27)15-14(9-20)25-18(17-13(23)4-3-7-24-17)26-16(15)11-6-5-10(22)8-12(11)21/h3-8,16H,2,9H2,1H3,(H,25,26). The van der Waals surface area contributed by atoms with Gasteiger partial charge in [-0.05, 0) is 31.2 Å². The minimum absolute atomic E-state index is 0.00732. The third-order valence-corrected chi connectivity index (χ3v) is 4.88. The van der Waals surface area contributed by atoms with Crippen molar-refractivity contribution in [3.8, 4) is 0 Å². The first-order chi connectivity index (χ1) is 13.5. The summed E-state index contributed by atoms with van der Waals surface area (Å²) in [5.74, 6) is -1.57. The zero-order valence-corrected chi connectivity index (χ0v) is 17.0. The normalized spacial score (nSPS) is 16.5. The first-order valence-electron chi connectivity index (χ1n) is 8.33. The predicted octanol–water partition coefficient (Wildman–Crippen LogP) is 4.32. The molecular weight excluding hydrogens is 456 g/mol.